The Bertz CT molecular complexity index is 642. The Kier molecular flexibility index (Phi) is 4.52. The molecule has 4 nitrogen and oxygen atoms in total. The molecule has 2 aliphatic heterocycles. The van der Waals surface area contributed by atoms with E-state index in [1.165, 1.54) is 11.1 Å². The van der Waals surface area contributed by atoms with Crippen LogP contribution >= 0.6 is 0 Å². The number of ketones is 1. The maximum absolute atomic E-state index is 12.5. The largest absolute Gasteiger partial charge is 0.454 e. The number of esters is 1. The number of fused-ring (bicyclic) bond motifs is 2. The molecule has 2 heterocycles. The van der Waals surface area contributed by atoms with Crippen LogP contribution in [-0.4, -0.2) is 29.6 Å². The van der Waals surface area contributed by atoms with E-state index in [0.29, 0.717) is 18.4 Å². The first-order valence-corrected chi connectivity index (χ1v) is 8.75. The number of ether oxygens (including phenoxy) is 2. The highest BCUT2D eigenvalue weighted by molar-refractivity contribution is 5.92. The van der Waals surface area contributed by atoms with Crippen LogP contribution in [-0.2, 0) is 19.1 Å². The number of rotatable bonds is 0. The highest BCUT2D eigenvalue weighted by atomic mass is 16.6. The lowest BCUT2D eigenvalue weighted by molar-refractivity contribution is -0.137. The zero-order valence-corrected chi connectivity index (χ0v) is 14.8. The number of hydrogen-bond donors (Lipinski definition) is 0. The van der Waals surface area contributed by atoms with Crippen molar-refractivity contribution in [2.75, 3.05) is 0 Å². The van der Waals surface area contributed by atoms with Gasteiger partial charge in [0.15, 0.2) is 5.78 Å². The minimum absolute atomic E-state index is 0.104. The van der Waals surface area contributed by atoms with Crippen LogP contribution in [0, 0.1) is 5.92 Å². The van der Waals surface area contributed by atoms with E-state index in [0.717, 1.165) is 19.3 Å². The predicted octanol–water partition coefficient (Wildman–Crippen LogP) is 3.67. The first kappa shape index (κ1) is 17.2. The molecule has 130 valence electrons. The molecule has 0 aromatic heterocycles. The van der Waals surface area contributed by atoms with Crippen LogP contribution in [0.4, 0.5) is 0 Å². The number of hydrogen-bond acceptors (Lipinski definition) is 4. The number of carbonyl (C=O) groups is 2. The molecule has 4 atom stereocenters. The number of Topliss-reactive ketones (excluding diaryl/α,β-unsaturated/α-hetero) is 1. The summed E-state index contributed by atoms with van der Waals surface area (Å²) in [4.78, 5) is 24.4. The van der Waals surface area contributed by atoms with E-state index >= 15 is 0 Å². The van der Waals surface area contributed by atoms with Gasteiger partial charge in [-0.15, -0.1) is 0 Å². The minimum atomic E-state index is -0.709. The Labute approximate surface area is 143 Å². The van der Waals surface area contributed by atoms with Gasteiger partial charge in [-0.2, -0.15) is 0 Å². The molecule has 1 aliphatic carbocycles. The molecule has 0 bridgehead atoms. The molecule has 0 saturated carbocycles. The second kappa shape index (κ2) is 6.32. The van der Waals surface area contributed by atoms with Crippen LogP contribution in [0.2, 0.25) is 0 Å². The van der Waals surface area contributed by atoms with Crippen LogP contribution in [0.5, 0.6) is 0 Å². The molecule has 4 heteroatoms. The standard InChI is InChI=1S/C20H26O4/c1-12-6-5-7-13(2)10-16-15(14(3)19(22)23-16)11-18-20(4,24-18)17(21)9-8-12/h6,10,15-16,18H,3,5,7-9,11H2,1-2,4H3/b12-6+,13-10+/t15-,16-,18+,20-/m0/s1. The van der Waals surface area contributed by atoms with Gasteiger partial charge in [-0.05, 0) is 52.5 Å². The van der Waals surface area contributed by atoms with E-state index in [-0.39, 0.29) is 29.9 Å². The van der Waals surface area contributed by atoms with Crippen molar-refractivity contribution >= 4 is 11.8 Å². The molecule has 0 unspecified atom stereocenters. The van der Waals surface area contributed by atoms with Crippen molar-refractivity contribution in [2.45, 2.75) is 70.7 Å². The fourth-order valence-electron chi connectivity index (χ4n) is 3.64. The lowest BCUT2D eigenvalue weighted by Crippen LogP contribution is -2.26. The Morgan fingerprint density at radius 1 is 1.17 bits per heavy atom. The number of allylic oxidation sites excluding steroid dienone is 3. The van der Waals surface area contributed by atoms with E-state index in [4.69, 9.17) is 9.47 Å². The number of epoxide rings is 1. The van der Waals surface area contributed by atoms with Crippen LogP contribution in [0.1, 0.15) is 52.9 Å². The van der Waals surface area contributed by atoms with Gasteiger partial charge in [0.25, 0.3) is 0 Å². The van der Waals surface area contributed by atoms with Gasteiger partial charge in [0.2, 0.25) is 0 Å². The van der Waals surface area contributed by atoms with Gasteiger partial charge >= 0.3 is 5.97 Å². The summed E-state index contributed by atoms with van der Waals surface area (Å²) in [6, 6.07) is 0. The highest BCUT2D eigenvalue weighted by Gasteiger charge is 2.59. The second-order valence-electron chi connectivity index (χ2n) is 7.48. The van der Waals surface area contributed by atoms with Gasteiger partial charge in [-0.25, -0.2) is 4.79 Å². The van der Waals surface area contributed by atoms with Crippen molar-refractivity contribution in [3.8, 4) is 0 Å². The fourth-order valence-corrected chi connectivity index (χ4v) is 3.64. The van der Waals surface area contributed by atoms with Crippen molar-refractivity contribution < 1.29 is 19.1 Å². The molecule has 0 aromatic carbocycles. The van der Waals surface area contributed by atoms with Gasteiger partial charge in [-0.3, -0.25) is 4.79 Å². The van der Waals surface area contributed by atoms with Gasteiger partial charge in [-0.1, -0.05) is 23.8 Å². The van der Waals surface area contributed by atoms with Gasteiger partial charge in [0.05, 0.1) is 6.10 Å². The molecule has 0 spiro atoms. The topological polar surface area (TPSA) is 55.9 Å². The van der Waals surface area contributed by atoms with Crippen LogP contribution in [0.3, 0.4) is 0 Å². The van der Waals surface area contributed by atoms with Crippen molar-refractivity contribution in [1.82, 2.24) is 0 Å². The maximum Gasteiger partial charge on any atom is 0.334 e. The zero-order chi connectivity index (χ0) is 17.5. The van der Waals surface area contributed by atoms with Crippen molar-refractivity contribution in [3.05, 3.63) is 35.5 Å². The summed E-state index contributed by atoms with van der Waals surface area (Å²) in [6.45, 7) is 9.91. The first-order valence-electron chi connectivity index (χ1n) is 8.75. The maximum atomic E-state index is 12.5. The molecule has 0 N–H and O–H groups in total. The molecule has 3 aliphatic rings. The molecule has 0 radical (unpaired) electrons. The van der Waals surface area contributed by atoms with Crippen molar-refractivity contribution in [3.63, 3.8) is 0 Å². The lowest BCUT2D eigenvalue weighted by atomic mass is 9.86. The van der Waals surface area contributed by atoms with E-state index in [1.54, 1.807) is 0 Å². The normalized spacial score (nSPS) is 42.0. The summed E-state index contributed by atoms with van der Waals surface area (Å²) < 4.78 is 11.2. The monoisotopic (exact) mass is 330 g/mol. The van der Waals surface area contributed by atoms with E-state index in [1.807, 2.05) is 13.0 Å². The average molecular weight is 330 g/mol. The summed E-state index contributed by atoms with van der Waals surface area (Å²) in [7, 11) is 0. The second-order valence-corrected chi connectivity index (χ2v) is 7.48. The van der Waals surface area contributed by atoms with Gasteiger partial charge in [0, 0.05) is 17.9 Å². The third kappa shape index (κ3) is 3.25. The molecule has 24 heavy (non-hydrogen) atoms. The fraction of sp³-hybridized carbons (Fsp3) is 0.600. The van der Waals surface area contributed by atoms with Crippen LogP contribution in [0.15, 0.2) is 35.5 Å². The highest BCUT2D eigenvalue weighted by Crippen LogP contribution is 2.45. The van der Waals surface area contributed by atoms with Crippen molar-refractivity contribution in [1.29, 1.82) is 0 Å². The first-order chi connectivity index (χ1) is 11.3. The Morgan fingerprint density at radius 2 is 1.92 bits per heavy atom. The molecule has 3 rings (SSSR count). The summed E-state index contributed by atoms with van der Waals surface area (Å²) in [5.41, 5.74) is 2.24. The molecule has 2 fully saturated rings. The Morgan fingerprint density at radius 3 is 2.67 bits per heavy atom. The molecular formula is C20H26O4. The SMILES string of the molecule is C=C1C(=O)O[C@H]2/C=C(\C)CC/C=C(\C)CCC(=O)[C@]3(C)O[C@@H]3C[C@@H]12. The van der Waals surface area contributed by atoms with Crippen LogP contribution < -0.4 is 0 Å². The molecule has 2 saturated heterocycles. The smallest absolute Gasteiger partial charge is 0.334 e. The summed E-state index contributed by atoms with van der Waals surface area (Å²) in [6.07, 6.45) is 7.56. The Hall–Kier alpha value is -1.68. The van der Waals surface area contributed by atoms with Gasteiger partial charge < -0.3 is 9.47 Å². The molecule has 0 aromatic rings. The average Bonchev–Trinajstić information content (AvgIpc) is 3.12. The van der Waals surface area contributed by atoms with Crippen molar-refractivity contribution in [2.24, 2.45) is 5.92 Å². The number of carbonyl (C=O) groups excluding carboxylic acids is 2. The zero-order valence-electron chi connectivity index (χ0n) is 14.8. The molecule has 0 amide bonds. The van der Waals surface area contributed by atoms with E-state index < -0.39 is 5.60 Å². The quantitative estimate of drug-likeness (QED) is 0.294. The van der Waals surface area contributed by atoms with E-state index in [9.17, 15) is 9.59 Å². The van der Waals surface area contributed by atoms with Gasteiger partial charge in [0.1, 0.15) is 11.7 Å². The third-order valence-electron chi connectivity index (χ3n) is 5.54. The molecular weight excluding hydrogens is 304 g/mol. The predicted molar refractivity (Wildman–Crippen MR) is 91.4 cm³/mol. The van der Waals surface area contributed by atoms with E-state index in [2.05, 4.69) is 26.5 Å². The third-order valence-corrected chi connectivity index (χ3v) is 5.54. The lowest BCUT2D eigenvalue weighted by Gasteiger charge is -2.16. The summed E-state index contributed by atoms with van der Waals surface area (Å²) >= 11 is 0. The van der Waals surface area contributed by atoms with Crippen LogP contribution in [0.25, 0.3) is 0 Å². The summed E-state index contributed by atoms with van der Waals surface area (Å²) in [5, 5.41) is 0. The minimum Gasteiger partial charge on any atom is -0.454 e. The summed E-state index contributed by atoms with van der Waals surface area (Å²) in [5.74, 6) is -0.286. The Balaban J connectivity index is 1.85.